The van der Waals surface area contributed by atoms with E-state index in [1.165, 1.54) is 0 Å². The molecule has 0 aliphatic carbocycles. The zero-order chi connectivity index (χ0) is 17.4. The van der Waals surface area contributed by atoms with Crippen LogP contribution in [0.1, 0.15) is 36.9 Å². The normalized spacial score (nSPS) is 24.2. The molecule has 24 heavy (non-hydrogen) atoms. The number of likely N-dealkylation sites (tertiary alicyclic amines) is 1. The minimum absolute atomic E-state index is 0.0394. The van der Waals surface area contributed by atoms with Gasteiger partial charge < -0.3 is 15.4 Å². The first-order valence-electron chi connectivity index (χ1n) is 8.29. The van der Waals surface area contributed by atoms with E-state index in [2.05, 4.69) is 5.10 Å². The van der Waals surface area contributed by atoms with Gasteiger partial charge in [0, 0.05) is 31.7 Å². The van der Waals surface area contributed by atoms with Gasteiger partial charge in [-0.15, -0.1) is 0 Å². The summed E-state index contributed by atoms with van der Waals surface area (Å²) < 4.78 is 7.28. The van der Waals surface area contributed by atoms with Gasteiger partial charge >= 0.3 is 0 Å². The first-order valence-corrected chi connectivity index (χ1v) is 8.29. The molecule has 3 heterocycles. The van der Waals surface area contributed by atoms with Crippen molar-refractivity contribution in [3.8, 4) is 0 Å². The highest BCUT2D eigenvalue weighted by molar-refractivity contribution is 5.95. The average molecular weight is 332 g/mol. The number of primary amides is 1. The minimum Gasteiger partial charge on any atom is -0.498 e. The van der Waals surface area contributed by atoms with Crippen LogP contribution in [0.2, 0.25) is 0 Å². The van der Waals surface area contributed by atoms with Gasteiger partial charge in [0.1, 0.15) is 5.76 Å². The molecule has 2 aliphatic heterocycles. The molecule has 0 bridgehead atoms. The molecule has 2 amide bonds. The number of ether oxygens (including phenoxy) is 1. The zero-order valence-electron chi connectivity index (χ0n) is 14.4. The summed E-state index contributed by atoms with van der Waals surface area (Å²) in [7, 11) is 1.86. The van der Waals surface area contributed by atoms with Crippen LogP contribution in [0, 0.1) is 12.8 Å². The quantitative estimate of drug-likeness (QED) is 0.888. The highest BCUT2D eigenvalue weighted by Crippen LogP contribution is 2.35. The second-order valence-electron chi connectivity index (χ2n) is 6.62. The Balaban J connectivity index is 1.86. The van der Waals surface area contributed by atoms with Crippen LogP contribution >= 0.6 is 0 Å². The van der Waals surface area contributed by atoms with E-state index in [1.807, 2.05) is 20.9 Å². The Hall–Kier alpha value is -2.31. The molecule has 1 fully saturated rings. The number of nitrogens with zero attached hydrogens (tertiary/aromatic N) is 3. The Kier molecular flexibility index (Phi) is 4.34. The third kappa shape index (κ3) is 2.79. The average Bonchev–Trinajstić information content (AvgIpc) is 3.12. The molecule has 2 N–H and O–H groups in total. The van der Waals surface area contributed by atoms with Gasteiger partial charge in [-0.25, -0.2) is 0 Å². The van der Waals surface area contributed by atoms with E-state index in [-0.39, 0.29) is 23.7 Å². The van der Waals surface area contributed by atoms with Crippen LogP contribution in [0.15, 0.2) is 17.5 Å². The lowest BCUT2D eigenvalue weighted by molar-refractivity contribution is -0.127. The van der Waals surface area contributed by atoms with Gasteiger partial charge in [0.15, 0.2) is 0 Å². The van der Waals surface area contributed by atoms with Gasteiger partial charge in [0.25, 0.3) is 5.91 Å². The molecule has 1 aromatic rings. The van der Waals surface area contributed by atoms with Gasteiger partial charge in [-0.1, -0.05) is 0 Å². The number of hydrogen-bond acceptors (Lipinski definition) is 4. The molecule has 0 saturated carbocycles. The maximum Gasteiger partial charge on any atom is 0.253 e. The van der Waals surface area contributed by atoms with Gasteiger partial charge in [-0.3, -0.25) is 14.3 Å². The molecule has 7 heteroatoms. The van der Waals surface area contributed by atoms with E-state index in [9.17, 15) is 9.59 Å². The lowest BCUT2D eigenvalue weighted by Gasteiger charge is -2.23. The van der Waals surface area contributed by atoms with Crippen molar-refractivity contribution in [2.45, 2.75) is 32.6 Å². The van der Waals surface area contributed by atoms with Crippen LogP contribution in [-0.4, -0.2) is 46.2 Å². The number of amides is 2. The monoisotopic (exact) mass is 332 g/mol. The molecule has 1 aromatic heterocycles. The van der Waals surface area contributed by atoms with Crippen LogP contribution in [0.5, 0.6) is 0 Å². The van der Waals surface area contributed by atoms with Crippen molar-refractivity contribution in [1.82, 2.24) is 14.7 Å². The Bertz CT molecular complexity index is 707. The SMILES string of the molecule is CC1=C(C(=O)N2C[C@H](C(N)=O)[C@@H](c3cnn(C)c3C)C2)CCCO1. The van der Waals surface area contributed by atoms with Crippen LogP contribution in [0.4, 0.5) is 0 Å². The van der Waals surface area contributed by atoms with Crippen molar-refractivity contribution in [3.05, 3.63) is 28.8 Å². The lowest BCUT2D eigenvalue weighted by Crippen LogP contribution is -2.33. The highest BCUT2D eigenvalue weighted by Gasteiger charge is 2.41. The van der Waals surface area contributed by atoms with Crippen LogP contribution in [0.3, 0.4) is 0 Å². The molecule has 3 rings (SSSR count). The van der Waals surface area contributed by atoms with Crippen molar-refractivity contribution >= 4 is 11.8 Å². The van der Waals surface area contributed by atoms with E-state index in [4.69, 9.17) is 10.5 Å². The third-order valence-corrected chi connectivity index (χ3v) is 5.22. The minimum atomic E-state index is -0.387. The van der Waals surface area contributed by atoms with E-state index in [0.29, 0.717) is 31.0 Å². The summed E-state index contributed by atoms with van der Waals surface area (Å²) >= 11 is 0. The van der Waals surface area contributed by atoms with E-state index in [0.717, 1.165) is 24.1 Å². The Morgan fingerprint density at radius 2 is 2.08 bits per heavy atom. The molecular weight excluding hydrogens is 308 g/mol. The largest absolute Gasteiger partial charge is 0.498 e. The molecule has 2 aliphatic rings. The maximum absolute atomic E-state index is 12.9. The fourth-order valence-corrected chi connectivity index (χ4v) is 3.64. The molecular formula is C17H24N4O3. The summed E-state index contributed by atoms with van der Waals surface area (Å²) in [5.74, 6) is -0.206. The summed E-state index contributed by atoms with van der Waals surface area (Å²) in [6.07, 6.45) is 3.34. The lowest BCUT2D eigenvalue weighted by atomic mass is 9.89. The third-order valence-electron chi connectivity index (χ3n) is 5.22. The van der Waals surface area contributed by atoms with Crippen molar-refractivity contribution < 1.29 is 14.3 Å². The maximum atomic E-state index is 12.9. The molecule has 0 aromatic carbocycles. The Morgan fingerprint density at radius 3 is 2.67 bits per heavy atom. The molecule has 130 valence electrons. The predicted molar refractivity (Wildman–Crippen MR) is 87.8 cm³/mol. The van der Waals surface area contributed by atoms with Crippen molar-refractivity contribution in [2.24, 2.45) is 18.7 Å². The van der Waals surface area contributed by atoms with E-state index < -0.39 is 0 Å². The number of aromatic nitrogens is 2. The first-order chi connectivity index (χ1) is 11.4. The molecule has 0 spiro atoms. The van der Waals surface area contributed by atoms with Crippen molar-refractivity contribution in [2.75, 3.05) is 19.7 Å². The van der Waals surface area contributed by atoms with Crippen molar-refractivity contribution in [3.63, 3.8) is 0 Å². The van der Waals surface area contributed by atoms with Crippen LogP contribution < -0.4 is 5.73 Å². The Labute approximate surface area is 141 Å². The van der Waals surface area contributed by atoms with Crippen molar-refractivity contribution in [1.29, 1.82) is 0 Å². The number of allylic oxidation sites excluding steroid dienone is 1. The first kappa shape index (κ1) is 16.5. The van der Waals surface area contributed by atoms with E-state index in [1.54, 1.807) is 15.8 Å². The highest BCUT2D eigenvalue weighted by atomic mass is 16.5. The topological polar surface area (TPSA) is 90.5 Å². The number of carbonyl (C=O) groups excluding carboxylic acids is 2. The fourth-order valence-electron chi connectivity index (χ4n) is 3.64. The molecule has 7 nitrogen and oxygen atoms in total. The summed E-state index contributed by atoms with van der Waals surface area (Å²) in [6, 6.07) is 0. The number of aryl methyl sites for hydroxylation is 1. The van der Waals surface area contributed by atoms with Crippen LogP contribution in [0.25, 0.3) is 0 Å². The molecule has 2 atom stereocenters. The van der Waals surface area contributed by atoms with Gasteiger partial charge in [-0.2, -0.15) is 5.10 Å². The second kappa shape index (κ2) is 6.30. The predicted octanol–water partition coefficient (Wildman–Crippen LogP) is 0.840. The second-order valence-corrected chi connectivity index (χ2v) is 6.62. The molecule has 0 radical (unpaired) electrons. The summed E-state index contributed by atoms with van der Waals surface area (Å²) in [5, 5.41) is 4.26. The number of carbonyl (C=O) groups is 2. The number of rotatable bonds is 3. The zero-order valence-corrected chi connectivity index (χ0v) is 14.4. The van der Waals surface area contributed by atoms with Crippen LogP contribution in [-0.2, 0) is 21.4 Å². The fraction of sp³-hybridized carbons (Fsp3) is 0.588. The van der Waals surface area contributed by atoms with Gasteiger partial charge in [-0.05, 0) is 32.3 Å². The van der Waals surface area contributed by atoms with Gasteiger partial charge in [0.05, 0.1) is 24.3 Å². The Morgan fingerprint density at radius 1 is 1.33 bits per heavy atom. The van der Waals surface area contributed by atoms with Gasteiger partial charge in [0.2, 0.25) is 5.91 Å². The number of nitrogens with two attached hydrogens (primary N) is 1. The molecule has 1 saturated heterocycles. The summed E-state index contributed by atoms with van der Waals surface area (Å²) in [5.41, 5.74) is 8.31. The smallest absolute Gasteiger partial charge is 0.253 e. The molecule has 0 unspecified atom stereocenters. The standard InChI is InChI=1S/C17H24N4O3/c1-10-13(7-19-20(10)3)14-8-21(9-15(14)16(18)22)17(23)12-5-4-6-24-11(12)2/h7,14-15H,4-6,8-9H2,1-3H3,(H2,18,22)/t14-,15+/m1/s1. The number of hydrogen-bond donors (Lipinski definition) is 1. The summed E-state index contributed by atoms with van der Waals surface area (Å²) in [4.78, 5) is 26.5. The summed E-state index contributed by atoms with van der Waals surface area (Å²) in [6.45, 7) is 5.28. The van der Waals surface area contributed by atoms with E-state index >= 15 is 0 Å².